The third-order valence-corrected chi connectivity index (χ3v) is 6.08. The fourth-order valence-corrected chi connectivity index (χ4v) is 4.44. The minimum atomic E-state index is 0.822. The lowest BCUT2D eigenvalue weighted by molar-refractivity contribution is 0.190. The van der Waals surface area contributed by atoms with Crippen LogP contribution in [0.15, 0.2) is 12.2 Å². The summed E-state index contributed by atoms with van der Waals surface area (Å²) in [6.07, 6.45) is 9.71. The monoisotopic (exact) mass is 266 g/mol. The standard InChI is InChI=1S/C17H30S/c1-12-6-8-15-11-14(3)16(5-4-10-18)17(15)9-7-13(12)2/h12-13,15-18H,3-11H2,1-2H3/t12?,13?,15?,16?,17-/m0/s1. The van der Waals surface area contributed by atoms with Crippen molar-refractivity contribution in [1.82, 2.24) is 0 Å². The Kier molecular flexibility index (Phi) is 5.24. The van der Waals surface area contributed by atoms with Crippen LogP contribution in [0.5, 0.6) is 0 Å². The second-order valence-corrected chi connectivity index (χ2v) is 7.32. The van der Waals surface area contributed by atoms with E-state index in [-0.39, 0.29) is 0 Å². The summed E-state index contributed by atoms with van der Waals surface area (Å²) in [5.74, 6) is 5.61. The molecule has 0 saturated heterocycles. The van der Waals surface area contributed by atoms with Crippen molar-refractivity contribution in [1.29, 1.82) is 0 Å². The lowest BCUT2D eigenvalue weighted by atomic mass is 9.74. The van der Waals surface area contributed by atoms with E-state index >= 15 is 0 Å². The molecule has 0 radical (unpaired) electrons. The van der Waals surface area contributed by atoms with Gasteiger partial charge in [0.05, 0.1) is 0 Å². The van der Waals surface area contributed by atoms with Crippen LogP contribution in [0.25, 0.3) is 0 Å². The van der Waals surface area contributed by atoms with Gasteiger partial charge < -0.3 is 0 Å². The zero-order chi connectivity index (χ0) is 13.1. The van der Waals surface area contributed by atoms with Gasteiger partial charge in [-0.15, -0.1) is 0 Å². The van der Waals surface area contributed by atoms with Crippen molar-refractivity contribution in [3.05, 3.63) is 12.2 Å². The molecule has 2 rings (SSSR count). The van der Waals surface area contributed by atoms with Gasteiger partial charge in [-0.2, -0.15) is 12.6 Å². The molecular formula is C17H30S. The Hall–Kier alpha value is 0.0900. The molecule has 2 aliphatic carbocycles. The molecule has 2 fully saturated rings. The van der Waals surface area contributed by atoms with Crippen LogP contribution < -0.4 is 0 Å². The first-order chi connectivity index (χ1) is 8.63. The maximum Gasteiger partial charge on any atom is -0.00977 e. The van der Waals surface area contributed by atoms with Crippen LogP contribution in [0.3, 0.4) is 0 Å². The molecule has 0 N–H and O–H groups in total. The predicted molar refractivity (Wildman–Crippen MR) is 84.1 cm³/mol. The molecule has 0 aromatic rings. The van der Waals surface area contributed by atoms with Crippen molar-refractivity contribution in [3.8, 4) is 0 Å². The van der Waals surface area contributed by atoms with Crippen LogP contribution in [0.1, 0.15) is 58.8 Å². The summed E-state index contributed by atoms with van der Waals surface area (Å²) in [6, 6.07) is 0. The summed E-state index contributed by atoms with van der Waals surface area (Å²) < 4.78 is 0. The number of hydrogen-bond donors (Lipinski definition) is 1. The molecule has 0 amide bonds. The van der Waals surface area contributed by atoms with Gasteiger partial charge in [-0.05, 0) is 67.4 Å². The van der Waals surface area contributed by atoms with E-state index in [0.29, 0.717) is 0 Å². The van der Waals surface area contributed by atoms with Gasteiger partial charge in [0.25, 0.3) is 0 Å². The average Bonchev–Trinajstić information content (AvgIpc) is 2.64. The smallest absolute Gasteiger partial charge is 0.00977 e. The van der Waals surface area contributed by atoms with E-state index in [9.17, 15) is 0 Å². The lowest BCUT2D eigenvalue weighted by Crippen LogP contribution is -2.22. The second-order valence-electron chi connectivity index (χ2n) is 6.87. The van der Waals surface area contributed by atoms with E-state index in [1.165, 1.54) is 44.9 Å². The molecule has 0 aromatic carbocycles. The highest BCUT2D eigenvalue weighted by Gasteiger charge is 2.39. The molecule has 18 heavy (non-hydrogen) atoms. The summed E-state index contributed by atoms with van der Waals surface area (Å²) in [7, 11) is 0. The van der Waals surface area contributed by atoms with Crippen molar-refractivity contribution >= 4 is 12.6 Å². The highest BCUT2D eigenvalue weighted by atomic mass is 32.1. The summed E-state index contributed by atoms with van der Waals surface area (Å²) in [6.45, 7) is 9.29. The molecule has 2 aliphatic rings. The molecule has 0 bridgehead atoms. The normalized spacial score (nSPS) is 41.3. The second kappa shape index (κ2) is 6.50. The zero-order valence-electron chi connectivity index (χ0n) is 12.2. The molecular weight excluding hydrogens is 236 g/mol. The number of thiol groups is 1. The molecule has 1 heteroatoms. The largest absolute Gasteiger partial charge is 0.179 e. The van der Waals surface area contributed by atoms with Crippen molar-refractivity contribution < 1.29 is 0 Å². The van der Waals surface area contributed by atoms with Crippen LogP contribution in [-0.4, -0.2) is 5.75 Å². The minimum absolute atomic E-state index is 0.822. The molecule has 0 heterocycles. The van der Waals surface area contributed by atoms with Gasteiger partial charge in [-0.25, -0.2) is 0 Å². The van der Waals surface area contributed by atoms with Crippen molar-refractivity contribution in [3.63, 3.8) is 0 Å². The fraction of sp³-hybridized carbons (Fsp3) is 0.882. The van der Waals surface area contributed by atoms with Crippen LogP contribution in [0.2, 0.25) is 0 Å². The summed E-state index contributed by atoms with van der Waals surface area (Å²) >= 11 is 4.38. The highest BCUT2D eigenvalue weighted by Crippen LogP contribution is 2.49. The Balaban J connectivity index is 2.01. The van der Waals surface area contributed by atoms with E-state index in [0.717, 1.165) is 35.3 Å². The quantitative estimate of drug-likeness (QED) is 0.516. The molecule has 0 nitrogen and oxygen atoms in total. The van der Waals surface area contributed by atoms with Crippen molar-refractivity contribution in [2.24, 2.45) is 29.6 Å². The van der Waals surface area contributed by atoms with E-state index in [1.54, 1.807) is 5.57 Å². The molecule has 0 aromatic heterocycles. The Morgan fingerprint density at radius 2 is 1.78 bits per heavy atom. The molecule has 4 unspecified atom stereocenters. The zero-order valence-corrected chi connectivity index (χ0v) is 13.1. The van der Waals surface area contributed by atoms with Crippen LogP contribution >= 0.6 is 12.6 Å². The van der Waals surface area contributed by atoms with Crippen molar-refractivity contribution in [2.45, 2.75) is 58.8 Å². The Morgan fingerprint density at radius 3 is 2.44 bits per heavy atom. The topological polar surface area (TPSA) is 0 Å². The Labute approximate surface area is 119 Å². The first-order valence-electron chi connectivity index (χ1n) is 7.92. The van der Waals surface area contributed by atoms with Crippen LogP contribution in [-0.2, 0) is 0 Å². The summed E-state index contributed by atoms with van der Waals surface area (Å²) in [5, 5.41) is 0. The number of hydrogen-bond acceptors (Lipinski definition) is 1. The molecule has 104 valence electrons. The SMILES string of the molecule is C=C1CC2CCC(C)C(C)CC[C@@H]2C1CCCS. The van der Waals surface area contributed by atoms with Crippen LogP contribution in [0.4, 0.5) is 0 Å². The predicted octanol–water partition coefficient (Wildman–Crippen LogP) is 5.35. The van der Waals surface area contributed by atoms with Crippen molar-refractivity contribution in [2.75, 3.05) is 5.75 Å². The molecule has 5 atom stereocenters. The van der Waals surface area contributed by atoms with Gasteiger partial charge in [-0.3, -0.25) is 0 Å². The molecule has 2 saturated carbocycles. The van der Waals surface area contributed by atoms with Gasteiger partial charge in [0.1, 0.15) is 0 Å². The van der Waals surface area contributed by atoms with Crippen LogP contribution in [0, 0.1) is 29.6 Å². The minimum Gasteiger partial charge on any atom is -0.179 e. The first kappa shape index (κ1) is 14.5. The third-order valence-electron chi connectivity index (χ3n) is 5.76. The van der Waals surface area contributed by atoms with Gasteiger partial charge in [0.2, 0.25) is 0 Å². The van der Waals surface area contributed by atoms with E-state index in [1.807, 2.05) is 0 Å². The van der Waals surface area contributed by atoms with Gasteiger partial charge in [0, 0.05) is 0 Å². The van der Waals surface area contributed by atoms with Gasteiger partial charge >= 0.3 is 0 Å². The summed E-state index contributed by atoms with van der Waals surface area (Å²) in [5.41, 5.74) is 1.56. The maximum absolute atomic E-state index is 4.39. The third kappa shape index (κ3) is 3.15. The molecule has 0 spiro atoms. The highest BCUT2D eigenvalue weighted by molar-refractivity contribution is 7.80. The summed E-state index contributed by atoms with van der Waals surface area (Å²) in [4.78, 5) is 0. The number of rotatable bonds is 3. The van der Waals surface area contributed by atoms with Gasteiger partial charge in [-0.1, -0.05) is 38.8 Å². The van der Waals surface area contributed by atoms with E-state index in [4.69, 9.17) is 0 Å². The maximum atomic E-state index is 4.39. The fourth-order valence-electron chi connectivity index (χ4n) is 4.25. The van der Waals surface area contributed by atoms with E-state index in [2.05, 4.69) is 33.1 Å². The number of allylic oxidation sites excluding steroid dienone is 1. The Morgan fingerprint density at radius 1 is 1.11 bits per heavy atom. The Bertz CT molecular complexity index is 283. The average molecular weight is 266 g/mol. The lowest BCUT2D eigenvalue weighted by Gasteiger charge is -2.32. The molecule has 0 aliphatic heterocycles. The van der Waals surface area contributed by atoms with Gasteiger partial charge in [0.15, 0.2) is 0 Å². The first-order valence-corrected chi connectivity index (χ1v) is 8.55. The number of fused-ring (bicyclic) bond motifs is 1. The van der Waals surface area contributed by atoms with E-state index < -0.39 is 0 Å².